The van der Waals surface area contributed by atoms with Crippen molar-refractivity contribution in [1.29, 1.82) is 0 Å². The van der Waals surface area contributed by atoms with Gasteiger partial charge in [-0.05, 0) is 47.9 Å². The molecule has 0 aliphatic carbocycles. The summed E-state index contributed by atoms with van der Waals surface area (Å²) < 4.78 is 26.5. The van der Waals surface area contributed by atoms with Gasteiger partial charge in [0.25, 0.3) is 0 Å². The van der Waals surface area contributed by atoms with Crippen LogP contribution in [-0.2, 0) is 26.9 Å². The Morgan fingerprint density at radius 1 is 0.541 bits per heavy atom. The number of halogens is 2. The van der Waals surface area contributed by atoms with Crippen LogP contribution in [-0.4, -0.2) is 28.4 Å². The molecule has 0 saturated heterocycles. The fraction of sp³-hybridized carbons (Fsp3) is 0.379. The van der Waals surface area contributed by atoms with E-state index in [1.54, 1.807) is 28.4 Å². The van der Waals surface area contributed by atoms with Gasteiger partial charge in [0.05, 0.1) is 39.2 Å². The SMILES string of the molecule is COc1cc2cc[n+](C)c(CCCCCc3c4cc(OC)c(OC)cc4cc[n+]3C)c2cc1OC.[I-].[I-]. The highest BCUT2D eigenvalue weighted by atomic mass is 127. The molecule has 0 fully saturated rings. The average Bonchev–Trinajstić information content (AvgIpc) is 2.88. The molecule has 0 radical (unpaired) electrons. The summed E-state index contributed by atoms with van der Waals surface area (Å²) in [6, 6.07) is 12.6. The summed E-state index contributed by atoms with van der Waals surface area (Å²) in [6.07, 6.45) is 9.65. The van der Waals surface area contributed by atoms with Crippen molar-refractivity contribution in [2.75, 3.05) is 28.4 Å². The van der Waals surface area contributed by atoms with Gasteiger partial charge in [-0.1, -0.05) is 6.42 Å². The minimum Gasteiger partial charge on any atom is -1.00 e. The topological polar surface area (TPSA) is 44.7 Å². The molecule has 2 aromatic carbocycles. The highest BCUT2D eigenvalue weighted by Gasteiger charge is 2.18. The molecule has 37 heavy (non-hydrogen) atoms. The minimum absolute atomic E-state index is 0. The van der Waals surface area contributed by atoms with Crippen LogP contribution in [0.4, 0.5) is 0 Å². The molecule has 0 aliphatic rings. The Bertz CT molecular complexity index is 1260. The molecule has 0 amide bonds. The summed E-state index contributed by atoms with van der Waals surface area (Å²) in [5.41, 5.74) is 2.63. The number of ether oxygens (including phenoxy) is 4. The van der Waals surface area contributed by atoms with E-state index in [0.29, 0.717) is 0 Å². The first-order valence-electron chi connectivity index (χ1n) is 12.1. The predicted molar refractivity (Wildman–Crippen MR) is 138 cm³/mol. The van der Waals surface area contributed by atoms with E-state index in [4.69, 9.17) is 18.9 Å². The largest absolute Gasteiger partial charge is 1.00 e. The molecule has 6 nitrogen and oxygen atoms in total. The van der Waals surface area contributed by atoms with E-state index in [0.717, 1.165) is 55.1 Å². The number of methoxy groups -OCH3 is 4. The summed E-state index contributed by atoms with van der Waals surface area (Å²) in [6.45, 7) is 0. The van der Waals surface area contributed by atoms with Crippen LogP contribution in [0.5, 0.6) is 23.0 Å². The molecule has 0 atom stereocenters. The Kier molecular flexibility index (Phi) is 11.9. The lowest BCUT2D eigenvalue weighted by Gasteiger charge is -2.11. The lowest BCUT2D eigenvalue weighted by atomic mass is 10.0. The van der Waals surface area contributed by atoms with Gasteiger partial charge < -0.3 is 66.9 Å². The molecule has 2 aromatic heterocycles. The molecule has 200 valence electrons. The number of fused-ring (bicyclic) bond motifs is 2. The van der Waals surface area contributed by atoms with Crippen LogP contribution in [0.2, 0.25) is 0 Å². The van der Waals surface area contributed by atoms with E-state index in [1.807, 2.05) is 0 Å². The van der Waals surface area contributed by atoms with Crippen molar-refractivity contribution in [2.24, 2.45) is 14.1 Å². The summed E-state index contributed by atoms with van der Waals surface area (Å²) in [4.78, 5) is 0. The van der Waals surface area contributed by atoms with E-state index in [1.165, 1.54) is 32.9 Å². The maximum Gasteiger partial charge on any atom is 0.189 e. The number of hydrogen-bond donors (Lipinski definition) is 0. The number of benzene rings is 2. The molecular weight excluding hydrogens is 694 g/mol. The van der Waals surface area contributed by atoms with E-state index in [-0.39, 0.29) is 48.0 Å². The second-order valence-electron chi connectivity index (χ2n) is 8.90. The van der Waals surface area contributed by atoms with Gasteiger partial charge in [0.2, 0.25) is 0 Å². The number of nitrogens with zero attached hydrogens (tertiary/aromatic N) is 2. The van der Waals surface area contributed by atoms with Gasteiger partial charge in [-0.15, -0.1) is 0 Å². The molecule has 0 aliphatic heterocycles. The number of hydrogen-bond acceptors (Lipinski definition) is 4. The van der Waals surface area contributed by atoms with Crippen LogP contribution >= 0.6 is 0 Å². The maximum absolute atomic E-state index is 5.56. The van der Waals surface area contributed by atoms with Crippen molar-refractivity contribution in [1.82, 2.24) is 0 Å². The third-order valence-electron chi connectivity index (χ3n) is 6.87. The van der Waals surface area contributed by atoms with Crippen LogP contribution in [0, 0.1) is 0 Å². The van der Waals surface area contributed by atoms with Gasteiger partial charge in [-0.3, -0.25) is 0 Å². The second kappa shape index (κ2) is 14.2. The normalized spacial score (nSPS) is 10.5. The molecule has 0 N–H and O–H groups in total. The van der Waals surface area contributed by atoms with E-state index < -0.39 is 0 Å². The first-order valence-corrected chi connectivity index (χ1v) is 12.1. The first-order chi connectivity index (χ1) is 17.0. The van der Waals surface area contributed by atoms with E-state index in [9.17, 15) is 0 Å². The molecule has 4 aromatic rings. The van der Waals surface area contributed by atoms with Crippen LogP contribution in [0.25, 0.3) is 21.5 Å². The van der Waals surface area contributed by atoms with Crippen molar-refractivity contribution < 1.29 is 76.0 Å². The third-order valence-corrected chi connectivity index (χ3v) is 6.87. The van der Waals surface area contributed by atoms with Crippen molar-refractivity contribution >= 4 is 21.5 Å². The molecule has 0 saturated carbocycles. The number of aryl methyl sites for hydroxylation is 4. The molecule has 0 bridgehead atoms. The smallest absolute Gasteiger partial charge is 0.189 e. The number of aromatic nitrogens is 2. The van der Waals surface area contributed by atoms with Crippen LogP contribution < -0.4 is 76.0 Å². The van der Waals surface area contributed by atoms with Gasteiger partial charge in [0, 0.05) is 25.0 Å². The summed E-state index contributed by atoms with van der Waals surface area (Å²) in [5.74, 6) is 3.06. The highest BCUT2D eigenvalue weighted by molar-refractivity contribution is 5.88. The molecule has 0 spiro atoms. The highest BCUT2D eigenvalue weighted by Crippen LogP contribution is 2.34. The summed E-state index contributed by atoms with van der Waals surface area (Å²) in [7, 11) is 11.0. The molecule has 0 unspecified atom stereocenters. The summed E-state index contributed by atoms with van der Waals surface area (Å²) >= 11 is 0. The lowest BCUT2D eigenvalue weighted by Crippen LogP contribution is -3.00. The Morgan fingerprint density at radius 3 is 1.24 bits per heavy atom. The number of rotatable bonds is 10. The second-order valence-corrected chi connectivity index (χ2v) is 8.90. The van der Waals surface area contributed by atoms with Crippen molar-refractivity contribution in [3.63, 3.8) is 0 Å². The molecular formula is C29H36I2N2O4. The standard InChI is InChI=1S/C29H36N2O4.2HI/c1-30-14-12-20-16-26(32-3)28(34-5)18-22(20)24(30)10-8-7-9-11-25-23-19-29(35-6)27(33-4)17-21(23)13-15-31(25)2;;/h12-19H,7-11H2,1-6H3;2*1H/q+2;;/p-2. The maximum atomic E-state index is 5.56. The lowest BCUT2D eigenvalue weighted by molar-refractivity contribution is -0.677. The number of pyridine rings is 2. The van der Waals surface area contributed by atoms with Gasteiger partial charge in [0.15, 0.2) is 46.8 Å². The third kappa shape index (κ3) is 6.68. The van der Waals surface area contributed by atoms with Gasteiger partial charge in [-0.25, -0.2) is 9.13 Å². The van der Waals surface area contributed by atoms with Crippen molar-refractivity contribution in [2.45, 2.75) is 32.1 Å². The first kappa shape index (κ1) is 31.1. The Morgan fingerprint density at radius 2 is 0.892 bits per heavy atom. The van der Waals surface area contributed by atoms with Gasteiger partial charge in [-0.2, -0.15) is 0 Å². The average molecular weight is 730 g/mol. The van der Waals surface area contributed by atoms with Gasteiger partial charge >= 0.3 is 0 Å². The Labute approximate surface area is 253 Å². The zero-order chi connectivity index (χ0) is 24.9. The van der Waals surface area contributed by atoms with Crippen LogP contribution in [0.15, 0.2) is 48.8 Å². The fourth-order valence-electron chi connectivity index (χ4n) is 4.89. The molecule has 4 rings (SSSR count). The summed E-state index contributed by atoms with van der Waals surface area (Å²) in [5, 5.41) is 4.77. The Balaban J connectivity index is 0.00000241. The van der Waals surface area contributed by atoms with E-state index in [2.05, 4.69) is 72.0 Å². The number of unbranched alkanes of at least 4 members (excludes halogenated alkanes) is 2. The predicted octanol–water partition coefficient (Wildman–Crippen LogP) is -1.36. The zero-order valence-electron chi connectivity index (χ0n) is 22.4. The van der Waals surface area contributed by atoms with Gasteiger partial charge in [0.1, 0.15) is 14.1 Å². The zero-order valence-corrected chi connectivity index (χ0v) is 26.8. The molecule has 8 heteroatoms. The Hall–Kier alpha value is -2.08. The van der Waals surface area contributed by atoms with Crippen molar-refractivity contribution in [3.8, 4) is 23.0 Å². The van der Waals surface area contributed by atoms with Crippen molar-refractivity contribution in [3.05, 3.63) is 60.2 Å². The molecule has 2 heterocycles. The van der Waals surface area contributed by atoms with Crippen LogP contribution in [0.3, 0.4) is 0 Å². The van der Waals surface area contributed by atoms with E-state index >= 15 is 0 Å². The quantitative estimate of drug-likeness (QED) is 0.115. The van der Waals surface area contributed by atoms with Crippen LogP contribution in [0.1, 0.15) is 30.7 Å². The minimum atomic E-state index is 0. The fourth-order valence-corrected chi connectivity index (χ4v) is 4.89. The monoisotopic (exact) mass is 730 g/mol.